The first kappa shape index (κ1) is 50.6. The van der Waals surface area contributed by atoms with Gasteiger partial charge in [-0.2, -0.15) is 0 Å². The van der Waals surface area contributed by atoms with Crippen LogP contribution in [0.25, 0.3) is 0 Å². The fraction of sp³-hybridized carbons (Fsp3) is 0.636. The van der Waals surface area contributed by atoms with E-state index < -0.39 is 132 Å². The standard InChI is InChI=1S/C44H64N8O12/c1-7-25(6)36-42(62)48-30(22-34(55)56)39(59)47-29(21-33(53)54)38(58)45-27(19-23(2)3)37(57)46-28(20-26-13-9-8-10-14-26)40(60)49-35(24(4)5)44(64)52-18-12-16-32(52)43(63)51-17-11-15-31(51)41(61)50-36/h8-10,13-14,23-25,27-32,35-36H,7,11-12,15-22H2,1-6H3,(H,45,58)(H,46,57)(H,47,59)(H,48,62)(H,49,60)(H,50,61)(H,53,54)(H,55,56)/t25-,27-,28-,29-,30-,31-,32-,35-,36-/m0/s1. The van der Waals surface area contributed by atoms with E-state index in [1.54, 1.807) is 71.9 Å². The lowest BCUT2D eigenvalue weighted by atomic mass is 9.97. The lowest BCUT2D eigenvalue weighted by Gasteiger charge is -2.35. The molecule has 1 aromatic rings. The Morgan fingerprint density at radius 2 is 1.06 bits per heavy atom. The second kappa shape index (κ2) is 23.0. The summed E-state index contributed by atoms with van der Waals surface area (Å²) < 4.78 is 0. The van der Waals surface area contributed by atoms with Crippen LogP contribution in [0.1, 0.15) is 98.5 Å². The van der Waals surface area contributed by atoms with Crippen LogP contribution in [0.5, 0.6) is 0 Å². The van der Waals surface area contributed by atoms with Gasteiger partial charge in [0.15, 0.2) is 0 Å². The van der Waals surface area contributed by atoms with Crippen molar-refractivity contribution in [1.82, 2.24) is 41.7 Å². The number of carbonyl (C=O) groups is 10. The van der Waals surface area contributed by atoms with Gasteiger partial charge in [0.25, 0.3) is 0 Å². The van der Waals surface area contributed by atoms with Gasteiger partial charge in [-0.05, 0) is 55.4 Å². The van der Waals surface area contributed by atoms with Gasteiger partial charge in [-0.15, -0.1) is 0 Å². The Morgan fingerprint density at radius 3 is 1.59 bits per heavy atom. The molecule has 9 atom stereocenters. The average molecular weight is 897 g/mol. The van der Waals surface area contributed by atoms with Crippen molar-refractivity contribution in [2.75, 3.05) is 13.1 Å². The Hall–Kier alpha value is -6.08. The maximum atomic E-state index is 14.4. The highest BCUT2D eigenvalue weighted by Crippen LogP contribution is 2.27. The molecule has 3 aliphatic heterocycles. The number of fused-ring (bicyclic) bond motifs is 2. The van der Waals surface area contributed by atoms with Crippen LogP contribution in [0.4, 0.5) is 0 Å². The van der Waals surface area contributed by atoms with Crippen molar-refractivity contribution >= 4 is 59.2 Å². The minimum atomic E-state index is -1.88. The van der Waals surface area contributed by atoms with Gasteiger partial charge >= 0.3 is 11.9 Å². The van der Waals surface area contributed by atoms with Crippen molar-refractivity contribution in [1.29, 1.82) is 0 Å². The highest BCUT2D eigenvalue weighted by molar-refractivity contribution is 6.00. The molecule has 8 N–H and O–H groups in total. The number of benzene rings is 1. The smallest absolute Gasteiger partial charge is 0.305 e. The van der Waals surface area contributed by atoms with Gasteiger partial charge in [0.05, 0.1) is 12.8 Å². The van der Waals surface area contributed by atoms with Crippen LogP contribution in [0.15, 0.2) is 30.3 Å². The van der Waals surface area contributed by atoms with Crippen molar-refractivity contribution < 1.29 is 58.2 Å². The van der Waals surface area contributed by atoms with Crippen molar-refractivity contribution in [3.8, 4) is 0 Å². The molecule has 0 saturated carbocycles. The highest BCUT2D eigenvalue weighted by atomic mass is 16.4. The Labute approximate surface area is 372 Å². The van der Waals surface area contributed by atoms with E-state index in [1.807, 2.05) is 0 Å². The number of nitrogens with zero attached hydrogens (tertiary/aromatic N) is 2. The number of aliphatic carboxylic acids is 2. The molecule has 20 heteroatoms. The number of carbonyl (C=O) groups excluding carboxylic acids is 8. The average Bonchev–Trinajstić information content (AvgIpc) is 3.93. The third-order valence-corrected chi connectivity index (χ3v) is 12.0. The minimum Gasteiger partial charge on any atom is -0.481 e. The van der Waals surface area contributed by atoms with E-state index in [4.69, 9.17) is 0 Å². The molecule has 0 unspecified atom stereocenters. The fourth-order valence-electron chi connectivity index (χ4n) is 8.29. The molecule has 8 amide bonds. The van der Waals surface area contributed by atoms with Crippen molar-refractivity contribution in [2.45, 2.75) is 148 Å². The maximum absolute atomic E-state index is 14.4. The van der Waals surface area contributed by atoms with Gasteiger partial charge in [-0.25, -0.2) is 0 Å². The van der Waals surface area contributed by atoms with Crippen LogP contribution >= 0.6 is 0 Å². The number of nitrogens with one attached hydrogen (secondary N) is 6. The van der Waals surface area contributed by atoms with E-state index in [0.29, 0.717) is 31.2 Å². The molecule has 0 spiro atoms. The van der Waals surface area contributed by atoms with Crippen molar-refractivity contribution in [2.24, 2.45) is 17.8 Å². The summed E-state index contributed by atoms with van der Waals surface area (Å²) in [5, 5.41) is 34.8. The normalized spacial score (nSPS) is 27.6. The first-order valence-electron chi connectivity index (χ1n) is 22.1. The molecule has 0 aromatic heterocycles. The van der Waals surface area contributed by atoms with Crippen LogP contribution < -0.4 is 31.9 Å². The van der Waals surface area contributed by atoms with Gasteiger partial charge in [-0.3, -0.25) is 47.9 Å². The van der Waals surface area contributed by atoms with E-state index in [1.165, 1.54) is 9.80 Å². The molecule has 3 fully saturated rings. The van der Waals surface area contributed by atoms with Crippen molar-refractivity contribution in [3.63, 3.8) is 0 Å². The van der Waals surface area contributed by atoms with Gasteiger partial charge in [-0.1, -0.05) is 78.3 Å². The summed E-state index contributed by atoms with van der Waals surface area (Å²) in [6.07, 6.45) is -0.288. The third kappa shape index (κ3) is 13.5. The zero-order valence-corrected chi connectivity index (χ0v) is 37.4. The van der Waals surface area contributed by atoms with Gasteiger partial charge in [0, 0.05) is 19.5 Å². The van der Waals surface area contributed by atoms with E-state index >= 15 is 0 Å². The molecule has 0 aliphatic carbocycles. The predicted octanol–water partition coefficient (Wildman–Crippen LogP) is -0.169. The molecule has 20 nitrogen and oxygen atoms in total. The second-order valence-corrected chi connectivity index (χ2v) is 17.7. The molecule has 0 bridgehead atoms. The molecule has 0 radical (unpaired) electrons. The maximum Gasteiger partial charge on any atom is 0.305 e. The lowest BCUT2D eigenvalue weighted by Crippen LogP contribution is -2.62. The van der Waals surface area contributed by atoms with E-state index in [2.05, 4.69) is 31.9 Å². The zero-order chi connectivity index (χ0) is 47.4. The molecule has 352 valence electrons. The topological polar surface area (TPSA) is 290 Å². The quantitative estimate of drug-likeness (QED) is 0.144. The summed E-state index contributed by atoms with van der Waals surface area (Å²) in [4.78, 5) is 140. The number of amides is 8. The number of carboxylic acids is 2. The van der Waals surface area contributed by atoms with Crippen LogP contribution in [0, 0.1) is 17.8 Å². The highest BCUT2D eigenvalue weighted by Gasteiger charge is 2.45. The van der Waals surface area contributed by atoms with Gasteiger partial charge in [0.2, 0.25) is 47.3 Å². The summed E-state index contributed by atoms with van der Waals surface area (Å²) in [6.45, 7) is 10.7. The molecule has 3 heterocycles. The SMILES string of the molecule is CC[C@H](C)[C@@H]1NC(=O)[C@@H]2CCCN2C(=O)[C@@H]2CCCN2C(=O)[C@H](C(C)C)NC(=O)[C@H](Cc2ccccc2)NC(=O)[C@H](CC(C)C)NC(=O)[C@H](CC(=O)O)NC(=O)[C@H](CC(=O)O)NC1=O. The molecule has 3 aliphatic rings. The summed E-state index contributed by atoms with van der Waals surface area (Å²) in [6, 6.07) is -2.19. The molecule has 1 aromatic carbocycles. The Kier molecular flexibility index (Phi) is 18.2. The van der Waals surface area contributed by atoms with Crippen LogP contribution in [0.3, 0.4) is 0 Å². The first-order valence-corrected chi connectivity index (χ1v) is 22.1. The van der Waals surface area contributed by atoms with Gasteiger partial charge < -0.3 is 51.9 Å². The Morgan fingerprint density at radius 1 is 0.594 bits per heavy atom. The number of rotatable bonds is 11. The zero-order valence-electron chi connectivity index (χ0n) is 37.4. The number of hydrogen-bond donors (Lipinski definition) is 8. The predicted molar refractivity (Wildman–Crippen MR) is 229 cm³/mol. The minimum absolute atomic E-state index is 0.0131. The van der Waals surface area contributed by atoms with Gasteiger partial charge in [0.1, 0.15) is 48.3 Å². The third-order valence-electron chi connectivity index (χ3n) is 12.0. The second-order valence-electron chi connectivity index (χ2n) is 17.7. The van der Waals surface area contributed by atoms with E-state index in [9.17, 15) is 58.2 Å². The molecule has 64 heavy (non-hydrogen) atoms. The number of hydrogen-bond acceptors (Lipinski definition) is 10. The van der Waals surface area contributed by atoms with E-state index in [0.717, 1.165) is 0 Å². The van der Waals surface area contributed by atoms with E-state index in [-0.39, 0.29) is 38.3 Å². The summed E-state index contributed by atoms with van der Waals surface area (Å²) >= 11 is 0. The monoisotopic (exact) mass is 896 g/mol. The Bertz CT molecular complexity index is 1910. The summed E-state index contributed by atoms with van der Waals surface area (Å²) in [7, 11) is 0. The van der Waals surface area contributed by atoms with Crippen molar-refractivity contribution in [3.05, 3.63) is 35.9 Å². The fourth-order valence-corrected chi connectivity index (χ4v) is 8.29. The summed E-state index contributed by atoms with van der Waals surface area (Å²) in [5.74, 6) is -10.9. The molecule has 4 rings (SSSR count). The van der Waals surface area contributed by atoms with Crippen LogP contribution in [-0.2, 0) is 54.4 Å². The largest absolute Gasteiger partial charge is 0.481 e. The molecular weight excluding hydrogens is 833 g/mol. The number of carboxylic acid groups (broad SMARTS) is 2. The first-order chi connectivity index (χ1) is 30.2. The molecule has 3 saturated heterocycles. The molecular formula is C44H64N8O12. The Balaban J connectivity index is 1.81. The van der Waals surface area contributed by atoms with Crippen LogP contribution in [0.2, 0.25) is 0 Å². The lowest BCUT2D eigenvalue weighted by molar-refractivity contribution is -0.149. The summed E-state index contributed by atoms with van der Waals surface area (Å²) in [5.41, 5.74) is 0.644. The van der Waals surface area contributed by atoms with Crippen LogP contribution in [-0.4, -0.2) is 141 Å².